The number of nitro benzene ring substituents is 1. The zero-order valence-electron chi connectivity index (χ0n) is 8.15. The summed E-state index contributed by atoms with van der Waals surface area (Å²) in [5.74, 6) is 0. The largest absolute Gasteiger partial charge is 0.270 e. The van der Waals surface area contributed by atoms with Crippen molar-refractivity contribution in [2.45, 2.75) is 19.3 Å². The molecular formula is C11H11NO2. The quantitative estimate of drug-likeness (QED) is 0.503. The fourth-order valence-electron chi connectivity index (χ4n) is 1.78. The summed E-state index contributed by atoms with van der Waals surface area (Å²) < 4.78 is 0. The molecule has 3 nitrogen and oxygen atoms in total. The molecule has 1 aliphatic rings. The lowest BCUT2D eigenvalue weighted by Gasteiger charge is -2.16. The highest BCUT2D eigenvalue weighted by atomic mass is 16.6. The normalized spacial score (nSPS) is 16.7. The van der Waals surface area contributed by atoms with E-state index in [2.05, 4.69) is 19.9 Å². The molecule has 0 bridgehead atoms. The maximum Gasteiger partial charge on any atom is 0.270 e. The van der Waals surface area contributed by atoms with E-state index in [0.29, 0.717) is 0 Å². The molecule has 1 aromatic rings. The Balaban J connectivity index is 2.55. The minimum Gasteiger partial charge on any atom is -0.258 e. The van der Waals surface area contributed by atoms with Gasteiger partial charge in [-0.1, -0.05) is 32.1 Å². The fraction of sp³-hybridized carbons (Fsp3) is 0.273. The van der Waals surface area contributed by atoms with Gasteiger partial charge in [-0.2, -0.15) is 0 Å². The number of nitrogens with zero attached hydrogens (tertiary/aromatic N) is 1. The molecule has 0 N–H and O–H groups in total. The van der Waals surface area contributed by atoms with Crippen LogP contribution in [0.3, 0.4) is 0 Å². The first kappa shape index (κ1) is 8.94. The van der Waals surface area contributed by atoms with Crippen molar-refractivity contribution in [3.05, 3.63) is 45.5 Å². The van der Waals surface area contributed by atoms with E-state index in [4.69, 9.17) is 0 Å². The third kappa shape index (κ3) is 1.21. The Bertz CT molecular complexity index is 433. The van der Waals surface area contributed by atoms with E-state index < -0.39 is 0 Å². The van der Waals surface area contributed by atoms with Crippen LogP contribution in [0.1, 0.15) is 25.0 Å². The molecule has 3 heteroatoms. The number of allylic oxidation sites excluding steroid dienone is 1. The molecule has 0 aliphatic heterocycles. The van der Waals surface area contributed by atoms with E-state index in [-0.39, 0.29) is 16.0 Å². The summed E-state index contributed by atoms with van der Waals surface area (Å²) in [5, 5.41) is 10.5. The van der Waals surface area contributed by atoms with Crippen LogP contribution in [0.2, 0.25) is 0 Å². The van der Waals surface area contributed by atoms with Crippen LogP contribution in [-0.2, 0) is 5.41 Å². The van der Waals surface area contributed by atoms with Crippen LogP contribution in [0.15, 0.2) is 24.3 Å². The molecule has 0 heterocycles. The third-order valence-corrected chi connectivity index (χ3v) is 2.62. The van der Waals surface area contributed by atoms with E-state index >= 15 is 0 Å². The molecule has 14 heavy (non-hydrogen) atoms. The van der Waals surface area contributed by atoms with Crippen LogP contribution >= 0.6 is 0 Å². The predicted molar refractivity (Wildman–Crippen MR) is 55.2 cm³/mol. The smallest absolute Gasteiger partial charge is 0.258 e. The SMILES string of the molecule is CC1(C)C=Cc2cc([N+](=O)[O-])ccc21. The summed E-state index contributed by atoms with van der Waals surface area (Å²) in [6.45, 7) is 4.20. The molecule has 0 aromatic heterocycles. The van der Waals surface area contributed by atoms with Gasteiger partial charge in [0.05, 0.1) is 4.92 Å². The lowest BCUT2D eigenvalue weighted by Crippen LogP contribution is -2.10. The number of nitro groups is 1. The van der Waals surface area contributed by atoms with Crippen molar-refractivity contribution in [2.24, 2.45) is 0 Å². The molecule has 2 rings (SSSR count). The van der Waals surface area contributed by atoms with Gasteiger partial charge in [0.1, 0.15) is 0 Å². The van der Waals surface area contributed by atoms with Crippen LogP contribution in [0, 0.1) is 10.1 Å². The minimum absolute atomic E-state index is 0.00443. The highest BCUT2D eigenvalue weighted by Gasteiger charge is 2.25. The van der Waals surface area contributed by atoms with Crippen molar-refractivity contribution in [1.29, 1.82) is 0 Å². The van der Waals surface area contributed by atoms with Gasteiger partial charge in [-0.05, 0) is 11.1 Å². The Morgan fingerprint density at radius 1 is 1.36 bits per heavy atom. The van der Waals surface area contributed by atoms with Gasteiger partial charge in [0, 0.05) is 17.5 Å². The van der Waals surface area contributed by atoms with E-state index in [1.54, 1.807) is 12.1 Å². The second-order valence-corrected chi connectivity index (χ2v) is 4.08. The molecule has 0 saturated heterocycles. The molecular weight excluding hydrogens is 178 g/mol. The first-order valence-corrected chi connectivity index (χ1v) is 4.49. The standard InChI is InChI=1S/C11H11NO2/c1-11(2)6-5-8-7-9(12(13)14)3-4-10(8)11/h3-7H,1-2H3. The first-order chi connectivity index (χ1) is 6.50. The van der Waals surface area contributed by atoms with Gasteiger partial charge in [0.25, 0.3) is 5.69 Å². The highest BCUT2D eigenvalue weighted by Crippen LogP contribution is 2.36. The maximum atomic E-state index is 10.5. The molecule has 0 spiro atoms. The second-order valence-electron chi connectivity index (χ2n) is 4.08. The molecule has 1 aliphatic carbocycles. The van der Waals surface area contributed by atoms with E-state index in [1.807, 2.05) is 12.1 Å². The molecule has 0 radical (unpaired) electrons. The molecule has 1 aromatic carbocycles. The van der Waals surface area contributed by atoms with Crippen LogP contribution < -0.4 is 0 Å². The summed E-state index contributed by atoms with van der Waals surface area (Å²) in [4.78, 5) is 10.2. The van der Waals surface area contributed by atoms with Gasteiger partial charge < -0.3 is 0 Å². The highest BCUT2D eigenvalue weighted by molar-refractivity contribution is 5.66. The van der Waals surface area contributed by atoms with Crippen LogP contribution in [0.25, 0.3) is 6.08 Å². The van der Waals surface area contributed by atoms with Gasteiger partial charge in [0.15, 0.2) is 0 Å². The number of hydrogen-bond acceptors (Lipinski definition) is 2. The molecule has 72 valence electrons. The Morgan fingerprint density at radius 2 is 2.07 bits per heavy atom. The molecule has 0 saturated carbocycles. The fourth-order valence-corrected chi connectivity index (χ4v) is 1.78. The van der Waals surface area contributed by atoms with Gasteiger partial charge in [-0.3, -0.25) is 10.1 Å². The van der Waals surface area contributed by atoms with Gasteiger partial charge in [-0.15, -0.1) is 0 Å². The minimum atomic E-state index is -0.362. The van der Waals surface area contributed by atoms with Crippen molar-refractivity contribution >= 4 is 11.8 Å². The van der Waals surface area contributed by atoms with Crippen molar-refractivity contribution in [3.63, 3.8) is 0 Å². The molecule has 0 fully saturated rings. The molecule has 0 atom stereocenters. The summed E-state index contributed by atoms with van der Waals surface area (Å²) >= 11 is 0. The second kappa shape index (κ2) is 2.67. The zero-order valence-corrected chi connectivity index (χ0v) is 8.15. The first-order valence-electron chi connectivity index (χ1n) is 4.49. The zero-order chi connectivity index (χ0) is 10.3. The van der Waals surface area contributed by atoms with Crippen molar-refractivity contribution < 1.29 is 4.92 Å². The summed E-state index contributed by atoms with van der Waals surface area (Å²) in [6, 6.07) is 5.03. The van der Waals surface area contributed by atoms with Gasteiger partial charge in [-0.25, -0.2) is 0 Å². The molecule has 0 amide bonds. The van der Waals surface area contributed by atoms with E-state index in [9.17, 15) is 10.1 Å². The average molecular weight is 189 g/mol. The van der Waals surface area contributed by atoms with Crippen molar-refractivity contribution in [1.82, 2.24) is 0 Å². The number of benzene rings is 1. The number of hydrogen-bond donors (Lipinski definition) is 0. The Labute approximate surface area is 82.2 Å². The van der Waals surface area contributed by atoms with Crippen LogP contribution in [0.4, 0.5) is 5.69 Å². The topological polar surface area (TPSA) is 43.1 Å². The molecule has 0 unspecified atom stereocenters. The van der Waals surface area contributed by atoms with Crippen LogP contribution in [-0.4, -0.2) is 4.92 Å². The lowest BCUT2D eigenvalue weighted by atomic mass is 9.87. The monoisotopic (exact) mass is 189 g/mol. The van der Waals surface area contributed by atoms with Crippen molar-refractivity contribution in [2.75, 3.05) is 0 Å². The third-order valence-electron chi connectivity index (χ3n) is 2.62. The number of rotatable bonds is 1. The Morgan fingerprint density at radius 3 is 2.71 bits per heavy atom. The van der Waals surface area contributed by atoms with E-state index in [1.165, 1.54) is 0 Å². The predicted octanol–water partition coefficient (Wildman–Crippen LogP) is 2.90. The number of fused-ring (bicyclic) bond motifs is 1. The van der Waals surface area contributed by atoms with Gasteiger partial charge >= 0.3 is 0 Å². The lowest BCUT2D eigenvalue weighted by molar-refractivity contribution is -0.384. The van der Waals surface area contributed by atoms with Crippen molar-refractivity contribution in [3.8, 4) is 0 Å². The summed E-state index contributed by atoms with van der Waals surface area (Å²) in [6.07, 6.45) is 4.02. The van der Waals surface area contributed by atoms with Gasteiger partial charge in [0.2, 0.25) is 0 Å². The van der Waals surface area contributed by atoms with Crippen LogP contribution in [0.5, 0.6) is 0 Å². The summed E-state index contributed by atoms with van der Waals surface area (Å²) in [5.41, 5.74) is 2.28. The van der Waals surface area contributed by atoms with E-state index in [0.717, 1.165) is 11.1 Å². The Kier molecular flexibility index (Phi) is 1.71. The Hall–Kier alpha value is -1.64. The number of non-ortho nitro benzene ring substituents is 1. The average Bonchev–Trinajstić information content (AvgIpc) is 2.42. The summed E-state index contributed by atoms with van der Waals surface area (Å²) in [7, 11) is 0. The maximum absolute atomic E-state index is 10.5.